The molecule has 15 heavy (non-hydrogen) atoms. The topological polar surface area (TPSA) is 33.1 Å². The maximum absolute atomic E-state index is 10.1. The minimum absolute atomic E-state index is 0.0510. The van der Waals surface area contributed by atoms with E-state index in [-0.39, 0.29) is 11.5 Å². The van der Waals surface area contributed by atoms with Crippen LogP contribution in [0.1, 0.15) is 36.9 Å². The van der Waals surface area contributed by atoms with E-state index in [9.17, 15) is 5.11 Å². The van der Waals surface area contributed by atoms with Crippen LogP contribution in [-0.2, 0) is 5.41 Å². The first kappa shape index (κ1) is 10.8. The Balaban J connectivity index is 2.17. The van der Waals surface area contributed by atoms with E-state index in [1.54, 1.807) is 11.3 Å². The van der Waals surface area contributed by atoms with Crippen molar-refractivity contribution >= 4 is 11.3 Å². The van der Waals surface area contributed by atoms with Crippen LogP contribution in [0, 0.1) is 6.92 Å². The van der Waals surface area contributed by atoms with E-state index >= 15 is 0 Å². The Labute approximate surface area is 94.7 Å². The van der Waals surface area contributed by atoms with Gasteiger partial charge in [0.1, 0.15) is 5.01 Å². The Morgan fingerprint density at radius 2 is 2.40 bits per heavy atom. The second-order valence-electron chi connectivity index (χ2n) is 4.23. The molecule has 0 aromatic carbocycles. The summed E-state index contributed by atoms with van der Waals surface area (Å²) in [4.78, 5) is 4.50. The molecule has 1 aliphatic carbocycles. The Bertz CT molecular complexity index is 365. The molecule has 1 saturated carbocycles. The van der Waals surface area contributed by atoms with Crippen molar-refractivity contribution in [1.82, 2.24) is 4.98 Å². The first-order valence-electron chi connectivity index (χ1n) is 5.46. The zero-order valence-corrected chi connectivity index (χ0v) is 10.0. The third kappa shape index (κ3) is 1.99. The van der Waals surface area contributed by atoms with E-state index in [0.717, 1.165) is 30.0 Å². The van der Waals surface area contributed by atoms with Crippen molar-refractivity contribution in [2.75, 3.05) is 0 Å². The summed E-state index contributed by atoms with van der Waals surface area (Å²) in [5, 5.41) is 13.3. The van der Waals surface area contributed by atoms with Gasteiger partial charge >= 0.3 is 0 Å². The lowest BCUT2D eigenvalue weighted by molar-refractivity contribution is 0.178. The maximum Gasteiger partial charge on any atom is 0.102 e. The van der Waals surface area contributed by atoms with Gasteiger partial charge in [0.05, 0.1) is 11.5 Å². The summed E-state index contributed by atoms with van der Waals surface area (Å²) in [5.74, 6) is 0. The number of nitrogens with zero attached hydrogens (tertiary/aromatic N) is 1. The van der Waals surface area contributed by atoms with Crippen LogP contribution in [0.25, 0.3) is 0 Å². The number of allylic oxidation sites excluding steroid dienone is 1. The molecule has 82 valence electrons. The monoisotopic (exact) mass is 223 g/mol. The lowest BCUT2D eigenvalue weighted by Crippen LogP contribution is -2.23. The number of aliphatic hydroxyl groups is 1. The summed E-state index contributed by atoms with van der Waals surface area (Å²) >= 11 is 1.68. The molecule has 1 atom stereocenters. The Morgan fingerprint density at radius 3 is 2.87 bits per heavy atom. The lowest BCUT2D eigenvalue weighted by atomic mass is 9.99. The van der Waals surface area contributed by atoms with Crippen LogP contribution in [0.5, 0.6) is 0 Å². The summed E-state index contributed by atoms with van der Waals surface area (Å²) in [7, 11) is 0. The number of rotatable bonds is 4. The zero-order valence-electron chi connectivity index (χ0n) is 9.23. The van der Waals surface area contributed by atoms with Gasteiger partial charge in [-0.1, -0.05) is 19.1 Å². The smallest absolute Gasteiger partial charge is 0.102 e. The summed E-state index contributed by atoms with van der Waals surface area (Å²) in [5.41, 5.74) is 1.01. The highest BCUT2D eigenvalue weighted by atomic mass is 32.1. The second-order valence-corrected chi connectivity index (χ2v) is 5.09. The molecule has 1 heterocycles. The van der Waals surface area contributed by atoms with Crippen LogP contribution < -0.4 is 0 Å². The standard InChI is InChI=1S/C12H17NOS/c1-3-4-5-10(14)12(6-7-12)11-13-9(2)8-15-11/h4-5,8,10,14H,3,6-7H2,1-2H3/b5-4+. The highest BCUT2D eigenvalue weighted by Gasteiger charge is 2.51. The van der Waals surface area contributed by atoms with Crippen molar-refractivity contribution in [2.45, 2.75) is 44.6 Å². The number of aryl methyl sites for hydroxylation is 1. The normalized spacial score (nSPS) is 20.7. The van der Waals surface area contributed by atoms with Gasteiger partial charge in [0, 0.05) is 11.1 Å². The molecule has 0 amide bonds. The van der Waals surface area contributed by atoms with Crippen molar-refractivity contribution < 1.29 is 5.11 Å². The van der Waals surface area contributed by atoms with Crippen LogP contribution in [0.2, 0.25) is 0 Å². The molecule has 2 rings (SSSR count). The molecule has 0 radical (unpaired) electrons. The lowest BCUT2D eigenvalue weighted by Gasteiger charge is -2.16. The molecule has 1 aromatic rings. The summed E-state index contributed by atoms with van der Waals surface area (Å²) < 4.78 is 0. The van der Waals surface area contributed by atoms with E-state index < -0.39 is 0 Å². The Hall–Kier alpha value is -0.670. The van der Waals surface area contributed by atoms with Crippen molar-refractivity contribution in [1.29, 1.82) is 0 Å². The molecule has 1 aromatic heterocycles. The van der Waals surface area contributed by atoms with Crippen LogP contribution in [0.3, 0.4) is 0 Å². The fourth-order valence-electron chi connectivity index (χ4n) is 1.80. The Kier molecular flexibility index (Phi) is 2.94. The molecule has 0 bridgehead atoms. The molecule has 1 unspecified atom stereocenters. The fraction of sp³-hybridized carbons (Fsp3) is 0.583. The number of aromatic nitrogens is 1. The van der Waals surface area contributed by atoms with Gasteiger partial charge in [-0.3, -0.25) is 0 Å². The number of aliphatic hydroxyl groups excluding tert-OH is 1. The van der Waals surface area contributed by atoms with E-state index in [0.29, 0.717) is 0 Å². The van der Waals surface area contributed by atoms with Crippen molar-refractivity contribution in [2.24, 2.45) is 0 Å². The van der Waals surface area contributed by atoms with Gasteiger partial charge in [-0.25, -0.2) is 4.98 Å². The van der Waals surface area contributed by atoms with Crippen LogP contribution in [0.4, 0.5) is 0 Å². The van der Waals surface area contributed by atoms with Gasteiger partial charge in [-0.05, 0) is 26.2 Å². The molecule has 3 heteroatoms. The molecule has 2 nitrogen and oxygen atoms in total. The SMILES string of the molecule is CC/C=C/C(O)C1(c2nc(C)cs2)CC1. The highest BCUT2D eigenvalue weighted by Crippen LogP contribution is 2.52. The number of hydrogen-bond donors (Lipinski definition) is 1. The molecule has 1 N–H and O–H groups in total. The molecule has 1 aliphatic rings. The fourth-order valence-corrected chi connectivity index (χ4v) is 2.89. The van der Waals surface area contributed by atoms with Gasteiger partial charge in [0.25, 0.3) is 0 Å². The van der Waals surface area contributed by atoms with Crippen molar-refractivity contribution in [3.05, 3.63) is 28.2 Å². The molecule has 0 saturated heterocycles. The Morgan fingerprint density at radius 1 is 1.67 bits per heavy atom. The third-order valence-electron chi connectivity index (χ3n) is 2.95. The minimum atomic E-state index is -0.358. The molecule has 0 aliphatic heterocycles. The average Bonchev–Trinajstić information content (AvgIpc) is 2.93. The average molecular weight is 223 g/mol. The van der Waals surface area contributed by atoms with Gasteiger partial charge < -0.3 is 5.11 Å². The van der Waals surface area contributed by atoms with Gasteiger partial charge in [-0.15, -0.1) is 11.3 Å². The first-order valence-corrected chi connectivity index (χ1v) is 6.34. The van der Waals surface area contributed by atoms with E-state index in [1.807, 2.05) is 19.1 Å². The molecule has 0 spiro atoms. The van der Waals surface area contributed by atoms with Crippen LogP contribution >= 0.6 is 11.3 Å². The molecule has 1 fully saturated rings. The maximum atomic E-state index is 10.1. The van der Waals surface area contributed by atoms with Crippen LogP contribution in [-0.4, -0.2) is 16.2 Å². The van der Waals surface area contributed by atoms with Gasteiger partial charge in [0.2, 0.25) is 0 Å². The van der Waals surface area contributed by atoms with E-state index in [1.165, 1.54) is 0 Å². The molecular formula is C12H17NOS. The van der Waals surface area contributed by atoms with Crippen LogP contribution in [0.15, 0.2) is 17.5 Å². The first-order chi connectivity index (χ1) is 7.19. The predicted molar refractivity (Wildman–Crippen MR) is 63.2 cm³/mol. The van der Waals surface area contributed by atoms with E-state index in [2.05, 4.69) is 17.3 Å². The predicted octanol–water partition coefficient (Wildman–Crippen LogP) is 2.81. The zero-order chi connectivity index (χ0) is 10.9. The quantitative estimate of drug-likeness (QED) is 0.796. The largest absolute Gasteiger partial charge is 0.388 e. The van der Waals surface area contributed by atoms with Gasteiger partial charge in [-0.2, -0.15) is 0 Å². The molecular weight excluding hydrogens is 206 g/mol. The highest BCUT2D eigenvalue weighted by molar-refractivity contribution is 7.09. The van der Waals surface area contributed by atoms with Crippen molar-refractivity contribution in [3.8, 4) is 0 Å². The third-order valence-corrected chi connectivity index (χ3v) is 4.13. The number of thiazole rings is 1. The minimum Gasteiger partial charge on any atom is -0.388 e. The summed E-state index contributed by atoms with van der Waals surface area (Å²) in [6.07, 6.45) is 6.70. The second kappa shape index (κ2) is 4.06. The summed E-state index contributed by atoms with van der Waals surface area (Å²) in [6, 6.07) is 0. The van der Waals surface area contributed by atoms with Gasteiger partial charge in [0.15, 0.2) is 0 Å². The summed E-state index contributed by atoms with van der Waals surface area (Å²) in [6.45, 7) is 4.08. The number of hydrogen-bond acceptors (Lipinski definition) is 3. The van der Waals surface area contributed by atoms with Crippen molar-refractivity contribution in [3.63, 3.8) is 0 Å². The van der Waals surface area contributed by atoms with E-state index in [4.69, 9.17) is 0 Å².